The Morgan fingerprint density at radius 1 is 1.42 bits per heavy atom. The van der Waals surface area contributed by atoms with E-state index in [0.29, 0.717) is 29.0 Å². The number of aromatic nitrogens is 1. The summed E-state index contributed by atoms with van der Waals surface area (Å²) in [5, 5.41) is 2.59. The van der Waals surface area contributed by atoms with Crippen LogP contribution in [0, 0.1) is 0 Å². The highest BCUT2D eigenvalue weighted by Crippen LogP contribution is 2.42. The van der Waals surface area contributed by atoms with Crippen molar-refractivity contribution in [3.63, 3.8) is 0 Å². The van der Waals surface area contributed by atoms with E-state index in [2.05, 4.69) is 5.16 Å². The van der Waals surface area contributed by atoms with Gasteiger partial charge in [0.2, 0.25) is 0 Å². The SMILES string of the molecule is CCC(C)(Cl)OC(=O)N(Cl)c1cccc(C(=O)c2cnoc2C2CC2)c1. The number of rotatable bonds is 6. The molecule has 6 nitrogen and oxygen atoms in total. The summed E-state index contributed by atoms with van der Waals surface area (Å²) in [7, 11) is 0. The van der Waals surface area contributed by atoms with Gasteiger partial charge in [0.1, 0.15) is 0 Å². The number of ketones is 1. The molecule has 0 saturated heterocycles. The third kappa shape index (κ3) is 4.02. The number of alkyl halides is 1. The van der Waals surface area contributed by atoms with Crippen LogP contribution in [0.15, 0.2) is 35.0 Å². The number of carbonyl (C=O) groups is 2. The van der Waals surface area contributed by atoms with Gasteiger partial charge in [-0.2, -0.15) is 4.42 Å². The zero-order chi connectivity index (χ0) is 18.9. The molecular formula is C18H18Cl2N2O4. The Morgan fingerprint density at radius 3 is 2.81 bits per heavy atom. The van der Waals surface area contributed by atoms with Crippen LogP contribution in [0.1, 0.15) is 60.7 Å². The van der Waals surface area contributed by atoms with Crippen LogP contribution in [0.25, 0.3) is 0 Å². The van der Waals surface area contributed by atoms with Crippen LogP contribution >= 0.6 is 23.4 Å². The number of benzene rings is 1. The lowest BCUT2D eigenvalue weighted by molar-refractivity contribution is 0.0891. The van der Waals surface area contributed by atoms with Gasteiger partial charge in [0, 0.05) is 23.3 Å². The first-order chi connectivity index (χ1) is 12.3. The molecule has 1 atom stereocenters. The van der Waals surface area contributed by atoms with Gasteiger partial charge in [-0.25, -0.2) is 4.79 Å². The van der Waals surface area contributed by atoms with E-state index in [0.717, 1.165) is 17.3 Å². The molecule has 1 aliphatic rings. The van der Waals surface area contributed by atoms with Crippen molar-refractivity contribution in [2.75, 3.05) is 4.42 Å². The monoisotopic (exact) mass is 396 g/mol. The molecule has 0 aliphatic heterocycles. The van der Waals surface area contributed by atoms with Crippen molar-refractivity contribution in [1.29, 1.82) is 0 Å². The van der Waals surface area contributed by atoms with Gasteiger partial charge in [0.25, 0.3) is 0 Å². The van der Waals surface area contributed by atoms with Gasteiger partial charge in [-0.1, -0.05) is 35.8 Å². The molecule has 1 fully saturated rings. The Kier molecular flexibility index (Phi) is 5.25. The molecule has 0 bridgehead atoms. The molecule has 1 aromatic carbocycles. The summed E-state index contributed by atoms with van der Waals surface area (Å²) in [5.41, 5.74) is 1.11. The van der Waals surface area contributed by atoms with E-state index in [1.165, 1.54) is 12.3 Å². The Balaban J connectivity index is 1.80. The Bertz CT molecular complexity index is 830. The molecule has 1 aliphatic carbocycles. The molecule has 0 spiro atoms. The molecule has 8 heteroatoms. The Morgan fingerprint density at radius 2 is 2.15 bits per heavy atom. The zero-order valence-electron chi connectivity index (χ0n) is 14.4. The number of hydrogen-bond acceptors (Lipinski definition) is 5. The summed E-state index contributed by atoms with van der Waals surface area (Å²) < 4.78 is 11.2. The summed E-state index contributed by atoms with van der Waals surface area (Å²) in [6, 6.07) is 6.38. The first-order valence-electron chi connectivity index (χ1n) is 8.29. The molecule has 1 unspecified atom stereocenters. The van der Waals surface area contributed by atoms with Crippen LogP contribution in [0.3, 0.4) is 0 Å². The number of anilines is 1. The predicted molar refractivity (Wildman–Crippen MR) is 97.7 cm³/mol. The van der Waals surface area contributed by atoms with E-state index in [9.17, 15) is 9.59 Å². The fourth-order valence-electron chi connectivity index (χ4n) is 2.38. The smallest absolute Gasteiger partial charge is 0.426 e. The number of ether oxygens (including phenoxy) is 1. The summed E-state index contributed by atoms with van der Waals surface area (Å²) in [6.07, 6.45) is 3.01. The van der Waals surface area contributed by atoms with E-state index < -0.39 is 11.2 Å². The largest absolute Gasteiger partial charge is 0.431 e. The van der Waals surface area contributed by atoms with Crippen LogP contribution in [0.2, 0.25) is 0 Å². The number of halogens is 2. The molecule has 1 amide bonds. The van der Waals surface area contributed by atoms with Gasteiger partial charge in [-0.15, -0.1) is 0 Å². The van der Waals surface area contributed by atoms with Gasteiger partial charge in [0.05, 0.1) is 17.4 Å². The highest BCUT2D eigenvalue weighted by molar-refractivity contribution is 6.36. The third-order valence-electron chi connectivity index (χ3n) is 4.22. The minimum Gasteiger partial charge on any atom is -0.426 e. The standard InChI is InChI=1S/C18H18Cl2N2O4/c1-3-18(2,19)25-17(24)22(20)13-6-4-5-12(9-13)15(23)14-10-21-26-16(14)11-7-8-11/h4-6,9-11H,3,7-8H2,1-2H3. The predicted octanol–water partition coefficient (Wildman–Crippen LogP) is 5.24. The van der Waals surface area contributed by atoms with Crippen LogP contribution in [0.4, 0.5) is 10.5 Å². The van der Waals surface area contributed by atoms with Crippen molar-refractivity contribution in [2.24, 2.45) is 0 Å². The molecule has 26 heavy (non-hydrogen) atoms. The number of hydrogen-bond donors (Lipinski definition) is 0. The number of nitrogens with zero attached hydrogens (tertiary/aromatic N) is 2. The fraction of sp³-hybridized carbons (Fsp3) is 0.389. The summed E-state index contributed by atoms with van der Waals surface area (Å²) >= 11 is 12.1. The minimum absolute atomic E-state index is 0.232. The number of amides is 1. The van der Waals surface area contributed by atoms with Crippen molar-refractivity contribution < 1.29 is 18.8 Å². The molecule has 3 rings (SSSR count). The molecule has 0 N–H and O–H groups in total. The van der Waals surface area contributed by atoms with E-state index in [1.807, 2.05) is 0 Å². The molecule has 138 valence electrons. The van der Waals surface area contributed by atoms with Gasteiger partial charge < -0.3 is 9.26 Å². The minimum atomic E-state index is -1.15. The Labute approximate surface area is 161 Å². The maximum Gasteiger partial charge on any atom is 0.431 e. The van der Waals surface area contributed by atoms with Crippen LogP contribution in [0.5, 0.6) is 0 Å². The van der Waals surface area contributed by atoms with E-state index in [4.69, 9.17) is 32.6 Å². The van der Waals surface area contributed by atoms with Gasteiger partial charge in [-0.05, 0) is 38.3 Å². The highest BCUT2D eigenvalue weighted by atomic mass is 35.5. The van der Waals surface area contributed by atoms with Crippen molar-refractivity contribution in [2.45, 2.75) is 44.1 Å². The lowest BCUT2D eigenvalue weighted by Crippen LogP contribution is -2.31. The van der Waals surface area contributed by atoms with Crippen LogP contribution in [-0.4, -0.2) is 22.1 Å². The van der Waals surface area contributed by atoms with Gasteiger partial charge in [-0.3, -0.25) is 4.79 Å². The molecule has 1 aromatic heterocycles. The second-order valence-corrected chi connectivity index (χ2v) is 7.50. The van der Waals surface area contributed by atoms with Gasteiger partial charge in [0.15, 0.2) is 16.6 Å². The molecule has 1 saturated carbocycles. The topological polar surface area (TPSA) is 72.6 Å². The van der Waals surface area contributed by atoms with E-state index in [-0.39, 0.29) is 11.7 Å². The average molecular weight is 397 g/mol. The van der Waals surface area contributed by atoms with Crippen molar-refractivity contribution in [1.82, 2.24) is 5.16 Å². The van der Waals surface area contributed by atoms with Crippen molar-refractivity contribution in [3.05, 3.63) is 47.3 Å². The quantitative estimate of drug-likeness (QED) is 0.378. The van der Waals surface area contributed by atoms with Crippen molar-refractivity contribution in [3.8, 4) is 0 Å². The van der Waals surface area contributed by atoms with E-state index >= 15 is 0 Å². The van der Waals surface area contributed by atoms with E-state index in [1.54, 1.807) is 32.0 Å². The second-order valence-electron chi connectivity index (χ2n) is 6.36. The molecular weight excluding hydrogens is 379 g/mol. The lowest BCUT2D eigenvalue weighted by Gasteiger charge is -2.23. The van der Waals surface area contributed by atoms with Gasteiger partial charge >= 0.3 is 6.09 Å². The maximum atomic E-state index is 12.8. The third-order valence-corrected chi connectivity index (χ3v) is 4.90. The summed E-state index contributed by atoms with van der Waals surface area (Å²) in [4.78, 5) is 24.9. The maximum absolute atomic E-state index is 12.8. The summed E-state index contributed by atoms with van der Waals surface area (Å²) in [6.45, 7) is 3.36. The first-order valence-corrected chi connectivity index (χ1v) is 9.01. The first kappa shape index (κ1) is 18.7. The Hall–Kier alpha value is -2.05. The molecule has 0 radical (unpaired) electrons. The normalized spacial score (nSPS) is 16.0. The van der Waals surface area contributed by atoms with Crippen molar-refractivity contribution >= 4 is 40.9 Å². The highest BCUT2D eigenvalue weighted by Gasteiger charge is 2.33. The fourth-order valence-corrected chi connectivity index (χ4v) is 2.59. The van der Waals surface area contributed by atoms with Crippen LogP contribution < -0.4 is 4.42 Å². The lowest BCUT2D eigenvalue weighted by atomic mass is 10.0. The average Bonchev–Trinajstić information content (AvgIpc) is 3.36. The molecule has 1 heterocycles. The van der Waals surface area contributed by atoms with Crippen LogP contribution in [-0.2, 0) is 4.74 Å². The summed E-state index contributed by atoms with van der Waals surface area (Å²) in [5.74, 6) is 0.641. The molecule has 2 aromatic rings. The number of carbonyl (C=O) groups excluding carboxylic acids is 2. The second kappa shape index (κ2) is 7.29. The zero-order valence-corrected chi connectivity index (χ0v) is 15.9.